The molecular weight excluding hydrogens is 392 g/mol. The SMILES string of the molecule is CCOC(=O)Cn1c(C)nc2c(Br)cc(Br)cc2c1=O. The molecule has 0 saturated heterocycles. The van der Waals surface area contributed by atoms with E-state index in [1.807, 2.05) is 6.07 Å². The smallest absolute Gasteiger partial charge is 0.326 e. The predicted molar refractivity (Wildman–Crippen MR) is 82.8 cm³/mol. The largest absolute Gasteiger partial charge is 0.465 e. The highest BCUT2D eigenvalue weighted by Gasteiger charge is 2.14. The molecule has 7 heteroatoms. The number of aromatic nitrogens is 2. The van der Waals surface area contributed by atoms with Gasteiger partial charge in [-0.3, -0.25) is 14.2 Å². The van der Waals surface area contributed by atoms with Gasteiger partial charge in [-0.25, -0.2) is 4.98 Å². The molecular formula is C13H12Br2N2O3. The summed E-state index contributed by atoms with van der Waals surface area (Å²) < 4.78 is 7.68. The highest BCUT2D eigenvalue weighted by atomic mass is 79.9. The minimum atomic E-state index is -0.451. The van der Waals surface area contributed by atoms with Gasteiger partial charge in [-0.05, 0) is 41.9 Å². The molecule has 2 aromatic rings. The number of halogens is 2. The van der Waals surface area contributed by atoms with Crippen molar-refractivity contribution in [2.24, 2.45) is 0 Å². The molecule has 0 aliphatic heterocycles. The third-order valence-electron chi connectivity index (χ3n) is 2.76. The Morgan fingerprint density at radius 3 is 2.75 bits per heavy atom. The topological polar surface area (TPSA) is 61.2 Å². The van der Waals surface area contributed by atoms with Crippen LogP contribution in [0.25, 0.3) is 10.9 Å². The first-order valence-electron chi connectivity index (χ1n) is 5.96. The number of ether oxygens (including phenoxy) is 1. The molecule has 0 aliphatic rings. The minimum absolute atomic E-state index is 0.133. The van der Waals surface area contributed by atoms with E-state index in [-0.39, 0.29) is 18.7 Å². The van der Waals surface area contributed by atoms with E-state index >= 15 is 0 Å². The number of carbonyl (C=O) groups excluding carboxylic acids is 1. The standard InChI is InChI=1S/C13H12Br2N2O3/c1-3-20-11(18)6-17-7(2)16-12-9(13(17)19)4-8(14)5-10(12)15/h4-5H,3,6H2,1-2H3. The molecule has 0 atom stereocenters. The van der Waals surface area contributed by atoms with Crippen molar-refractivity contribution in [1.29, 1.82) is 0 Å². The van der Waals surface area contributed by atoms with Gasteiger partial charge in [0.05, 0.1) is 17.5 Å². The van der Waals surface area contributed by atoms with E-state index < -0.39 is 5.97 Å². The van der Waals surface area contributed by atoms with Crippen molar-refractivity contribution in [1.82, 2.24) is 9.55 Å². The first kappa shape index (κ1) is 15.2. The lowest BCUT2D eigenvalue weighted by Crippen LogP contribution is -2.28. The van der Waals surface area contributed by atoms with Crippen LogP contribution in [0.2, 0.25) is 0 Å². The van der Waals surface area contributed by atoms with Gasteiger partial charge < -0.3 is 4.74 Å². The number of hydrogen-bond donors (Lipinski definition) is 0. The number of fused-ring (bicyclic) bond motifs is 1. The zero-order chi connectivity index (χ0) is 14.9. The summed E-state index contributed by atoms with van der Waals surface area (Å²) in [4.78, 5) is 28.4. The lowest BCUT2D eigenvalue weighted by Gasteiger charge is -2.11. The van der Waals surface area contributed by atoms with Crippen LogP contribution in [-0.2, 0) is 16.1 Å². The third kappa shape index (κ3) is 2.93. The number of benzene rings is 1. The molecule has 1 heterocycles. The van der Waals surface area contributed by atoms with Crippen LogP contribution in [-0.4, -0.2) is 22.1 Å². The maximum Gasteiger partial charge on any atom is 0.326 e. The van der Waals surface area contributed by atoms with Crippen molar-refractivity contribution >= 4 is 48.7 Å². The van der Waals surface area contributed by atoms with E-state index in [9.17, 15) is 9.59 Å². The van der Waals surface area contributed by atoms with Crippen molar-refractivity contribution in [2.75, 3.05) is 6.61 Å². The Morgan fingerprint density at radius 1 is 1.40 bits per heavy atom. The molecule has 5 nitrogen and oxygen atoms in total. The second-order valence-corrected chi connectivity index (χ2v) is 5.91. The van der Waals surface area contributed by atoms with Crippen LogP contribution in [0.5, 0.6) is 0 Å². The molecule has 0 radical (unpaired) electrons. The quantitative estimate of drug-likeness (QED) is 0.739. The summed E-state index contributed by atoms with van der Waals surface area (Å²) in [5, 5.41) is 0.446. The fourth-order valence-electron chi connectivity index (χ4n) is 1.88. The molecule has 0 aliphatic carbocycles. The van der Waals surface area contributed by atoms with Gasteiger partial charge in [-0.2, -0.15) is 0 Å². The Morgan fingerprint density at radius 2 is 2.10 bits per heavy atom. The molecule has 1 aromatic heterocycles. The minimum Gasteiger partial charge on any atom is -0.465 e. The van der Waals surface area contributed by atoms with Crippen molar-refractivity contribution in [3.05, 3.63) is 37.3 Å². The summed E-state index contributed by atoms with van der Waals surface area (Å²) in [6.07, 6.45) is 0. The Kier molecular flexibility index (Phi) is 4.59. The molecule has 0 N–H and O–H groups in total. The van der Waals surface area contributed by atoms with Crippen LogP contribution in [0.4, 0.5) is 0 Å². The second kappa shape index (κ2) is 6.05. The van der Waals surface area contributed by atoms with Crippen LogP contribution in [0.15, 0.2) is 25.9 Å². The zero-order valence-electron chi connectivity index (χ0n) is 10.9. The molecule has 0 spiro atoms. The summed E-state index contributed by atoms with van der Waals surface area (Å²) in [5.41, 5.74) is 0.318. The summed E-state index contributed by atoms with van der Waals surface area (Å²) in [5.74, 6) is 0.0199. The van der Waals surface area contributed by atoms with Crippen LogP contribution in [0.1, 0.15) is 12.7 Å². The molecule has 0 amide bonds. The van der Waals surface area contributed by atoms with E-state index in [0.717, 1.165) is 8.95 Å². The normalized spacial score (nSPS) is 10.8. The second-order valence-electron chi connectivity index (χ2n) is 4.14. The Labute approximate surface area is 132 Å². The number of rotatable bonds is 3. The van der Waals surface area contributed by atoms with Crippen molar-refractivity contribution < 1.29 is 9.53 Å². The lowest BCUT2D eigenvalue weighted by molar-refractivity contribution is -0.143. The molecule has 20 heavy (non-hydrogen) atoms. The average molecular weight is 404 g/mol. The highest BCUT2D eigenvalue weighted by molar-refractivity contribution is 9.11. The maximum absolute atomic E-state index is 12.5. The Hall–Kier alpha value is -1.21. The predicted octanol–water partition coefficient (Wildman–Crippen LogP) is 2.79. The van der Waals surface area contributed by atoms with E-state index in [4.69, 9.17) is 4.74 Å². The zero-order valence-corrected chi connectivity index (χ0v) is 14.1. The number of hydrogen-bond acceptors (Lipinski definition) is 4. The summed E-state index contributed by atoms with van der Waals surface area (Å²) in [6.45, 7) is 3.56. The molecule has 0 fully saturated rings. The average Bonchev–Trinajstić information content (AvgIpc) is 2.36. The lowest BCUT2D eigenvalue weighted by atomic mass is 10.2. The number of esters is 1. The molecule has 0 bridgehead atoms. The fourth-order valence-corrected chi connectivity index (χ4v) is 3.19. The van der Waals surface area contributed by atoms with Gasteiger partial charge in [0.25, 0.3) is 5.56 Å². The maximum atomic E-state index is 12.5. The Bertz CT molecular complexity index is 740. The van der Waals surface area contributed by atoms with Crippen molar-refractivity contribution in [2.45, 2.75) is 20.4 Å². The molecule has 1 aromatic carbocycles. The highest BCUT2D eigenvalue weighted by Crippen LogP contribution is 2.25. The van der Waals surface area contributed by atoms with E-state index in [0.29, 0.717) is 16.7 Å². The Balaban J connectivity index is 2.63. The van der Waals surface area contributed by atoms with E-state index in [2.05, 4.69) is 36.8 Å². The number of carbonyl (C=O) groups is 1. The van der Waals surface area contributed by atoms with Gasteiger partial charge >= 0.3 is 5.97 Å². The molecule has 106 valence electrons. The van der Waals surface area contributed by atoms with E-state index in [1.54, 1.807) is 19.9 Å². The molecule has 2 rings (SSSR count). The van der Waals surface area contributed by atoms with Gasteiger partial charge in [0.2, 0.25) is 0 Å². The number of nitrogens with zero attached hydrogens (tertiary/aromatic N) is 2. The monoisotopic (exact) mass is 402 g/mol. The first-order chi connectivity index (χ1) is 9.43. The van der Waals surface area contributed by atoms with Crippen LogP contribution in [0.3, 0.4) is 0 Å². The summed E-state index contributed by atoms with van der Waals surface area (Å²) >= 11 is 6.72. The molecule has 0 saturated carbocycles. The van der Waals surface area contributed by atoms with Crippen LogP contribution < -0.4 is 5.56 Å². The summed E-state index contributed by atoms with van der Waals surface area (Å²) in [6, 6.07) is 3.51. The summed E-state index contributed by atoms with van der Waals surface area (Å²) in [7, 11) is 0. The first-order valence-corrected chi connectivity index (χ1v) is 7.54. The van der Waals surface area contributed by atoms with E-state index in [1.165, 1.54) is 4.57 Å². The van der Waals surface area contributed by atoms with Gasteiger partial charge in [0, 0.05) is 8.95 Å². The molecule has 0 unspecified atom stereocenters. The van der Waals surface area contributed by atoms with Gasteiger partial charge in [-0.15, -0.1) is 0 Å². The third-order valence-corrected chi connectivity index (χ3v) is 3.82. The van der Waals surface area contributed by atoms with Crippen LogP contribution in [0, 0.1) is 6.92 Å². The van der Waals surface area contributed by atoms with Gasteiger partial charge in [0.1, 0.15) is 12.4 Å². The number of aryl methyl sites for hydroxylation is 1. The van der Waals surface area contributed by atoms with Crippen molar-refractivity contribution in [3.63, 3.8) is 0 Å². The van der Waals surface area contributed by atoms with Gasteiger partial charge in [0.15, 0.2) is 0 Å². The van der Waals surface area contributed by atoms with Crippen molar-refractivity contribution in [3.8, 4) is 0 Å². The van der Waals surface area contributed by atoms with Gasteiger partial charge in [-0.1, -0.05) is 15.9 Å². The van der Waals surface area contributed by atoms with Crippen LogP contribution >= 0.6 is 31.9 Å². The fraction of sp³-hybridized carbons (Fsp3) is 0.308.